The van der Waals surface area contributed by atoms with Crippen molar-refractivity contribution in [3.05, 3.63) is 16.9 Å². The van der Waals surface area contributed by atoms with Crippen LogP contribution >= 0.6 is 11.6 Å². The molecule has 2 amide bonds. The van der Waals surface area contributed by atoms with E-state index in [1.807, 2.05) is 0 Å². The van der Waals surface area contributed by atoms with E-state index in [4.69, 9.17) is 11.6 Å². The summed E-state index contributed by atoms with van der Waals surface area (Å²) in [6.45, 7) is 0.559. The number of sulfonamides is 1. The molecule has 9 heteroatoms. The summed E-state index contributed by atoms with van der Waals surface area (Å²) >= 11 is 5.90. The lowest BCUT2D eigenvalue weighted by Gasteiger charge is -2.43. The quantitative estimate of drug-likeness (QED) is 0.815. The van der Waals surface area contributed by atoms with Crippen LogP contribution in [0.25, 0.3) is 0 Å². The Morgan fingerprint density at radius 2 is 2.19 bits per heavy atom. The topological polar surface area (TPSA) is 75.5 Å². The van der Waals surface area contributed by atoms with Crippen LogP contribution in [0, 0.1) is 0 Å². The molecule has 0 N–H and O–H groups in total. The molecule has 116 valence electrons. The van der Waals surface area contributed by atoms with Gasteiger partial charge in [0.25, 0.3) is 0 Å². The van der Waals surface area contributed by atoms with Gasteiger partial charge < -0.3 is 4.90 Å². The average molecular weight is 333 g/mol. The maximum absolute atomic E-state index is 12.5. The van der Waals surface area contributed by atoms with Crippen molar-refractivity contribution >= 4 is 27.7 Å². The van der Waals surface area contributed by atoms with Crippen molar-refractivity contribution in [2.45, 2.75) is 31.8 Å². The zero-order valence-corrected chi connectivity index (χ0v) is 13.3. The van der Waals surface area contributed by atoms with Crippen LogP contribution in [0.5, 0.6) is 0 Å². The molecule has 1 aromatic rings. The van der Waals surface area contributed by atoms with Crippen LogP contribution in [-0.4, -0.2) is 51.8 Å². The molecular weight excluding hydrogens is 316 g/mol. The van der Waals surface area contributed by atoms with Crippen molar-refractivity contribution in [2.75, 3.05) is 12.3 Å². The number of hydrogen-bond acceptors (Lipinski definition) is 4. The fourth-order valence-corrected chi connectivity index (χ4v) is 4.76. The van der Waals surface area contributed by atoms with Crippen molar-refractivity contribution in [3.8, 4) is 0 Å². The van der Waals surface area contributed by atoms with Gasteiger partial charge in [-0.1, -0.05) is 11.6 Å². The summed E-state index contributed by atoms with van der Waals surface area (Å²) in [5, 5.41) is 4.52. The Bertz CT molecular complexity index is 653. The van der Waals surface area contributed by atoms with Crippen LogP contribution in [0.1, 0.15) is 25.0 Å². The third-order valence-corrected chi connectivity index (χ3v) is 6.12. The first-order valence-electron chi connectivity index (χ1n) is 6.88. The molecule has 3 heterocycles. The lowest BCUT2D eigenvalue weighted by atomic mass is 10.0. The minimum atomic E-state index is -3.60. The zero-order valence-electron chi connectivity index (χ0n) is 11.7. The monoisotopic (exact) mass is 332 g/mol. The van der Waals surface area contributed by atoms with E-state index in [-0.39, 0.29) is 18.3 Å². The number of halogens is 1. The molecular formula is C12H17ClN4O3S. The molecule has 2 aliphatic rings. The summed E-state index contributed by atoms with van der Waals surface area (Å²) in [7, 11) is -1.93. The van der Waals surface area contributed by atoms with Gasteiger partial charge >= 0.3 is 6.03 Å². The largest absolute Gasteiger partial charge is 0.334 e. The number of carbonyl (C=O) groups excluding carboxylic acids is 1. The number of carbonyl (C=O) groups is 1. The van der Waals surface area contributed by atoms with Crippen molar-refractivity contribution in [1.29, 1.82) is 0 Å². The summed E-state index contributed by atoms with van der Waals surface area (Å²) in [5.41, 5.74) is 0.467. The number of aryl methyl sites for hydroxylation is 1. The van der Waals surface area contributed by atoms with Crippen LogP contribution in [0.4, 0.5) is 4.79 Å². The summed E-state index contributed by atoms with van der Waals surface area (Å²) < 4.78 is 27.1. The molecule has 2 aliphatic heterocycles. The van der Waals surface area contributed by atoms with Gasteiger partial charge in [0.15, 0.2) is 0 Å². The minimum absolute atomic E-state index is 0.000689. The van der Waals surface area contributed by atoms with Gasteiger partial charge in [-0.2, -0.15) is 5.10 Å². The maximum atomic E-state index is 12.5. The number of nitrogens with zero attached hydrogens (tertiary/aromatic N) is 4. The number of urea groups is 1. The Kier molecular flexibility index (Phi) is 3.61. The Morgan fingerprint density at radius 1 is 1.43 bits per heavy atom. The van der Waals surface area contributed by atoms with Gasteiger partial charge in [-0.25, -0.2) is 17.5 Å². The van der Waals surface area contributed by atoms with E-state index in [2.05, 4.69) is 5.10 Å². The van der Waals surface area contributed by atoms with Crippen molar-refractivity contribution < 1.29 is 13.2 Å². The first-order chi connectivity index (χ1) is 9.88. The Labute approximate surface area is 128 Å². The molecule has 0 aliphatic carbocycles. The molecule has 2 fully saturated rings. The first kappa shape index (κ1) is 14.6. The van der Waals surface area contributed by atoms with Gasteiger partial charge in [0.2, 0.25) is 10.0 Å². The number of rotatable bonds is 2. The second-order valence-electron chi connectivity index (χ2n) is 5.49. The predicted octanol–water partition coefficient (Wildman–Crippen LogP) is 1.19. The van der Waals surface area contributed by atoms with Gasteiger partial charge in [0.05, 0.1) is 18.0 Å². The lowest BCUT2D eigenvalue weighted by Crippen LogP contribution is -2.60. The number of fused-ring (bicyclic) bond motifs is 1. The highest BCUT2D eigenvalue weighted by Crippen LogP contribution is 2.28. The van der Waals surface area contributed by atoms with E-state index >= 15 is 0 Å². The number of piperidine rings is 1. The summed E-state index contributed by atoms with van der Waals surface area (Å²) in [5.74, 6) is -0.000689. The molecule has 1 atom stereocenters. The first-order valence-corrected chi connectivity index (χ1v) is 8.86. The molecule has 1 aromatic heterocycles. The number of hydrogen-bond donors (Lipinski definition) is 0. The summed E-state index contributed by atoms with van der Waals surface area (Å²) in [6.07, 6.45) is 2.65. The van der Waals surface area contributed by atoms with Crippen LogP contribution in [0.2, 0.25) is 5.15 Å². The highest BCUT2D eigenvalue weighted by atomic mass is 35.5. The van der Waals surface area contributed by atoms with E-state index in [9.17, 15) is 13.2 Å². The highest BCUT2D eigenvalue weighted by Gasteiger charge is 2.43. The third-order valence-electron chi connectivity index (χ3n) is 4.00. The fourth-order valence-electron chi connectivity index (χ4n) is 2.91. The van der Waals surface area contributed by atoms with Crippen molar-refractivity contribution in [3.63, 3.8) is 0 Å². The molecule has 2 saturated heterocycles. The standard InChI is InChI=1S/C12H17ClN4O3S/c1-15-11(13)6-9(14-15)7-17-12(18)16-5-3-2-4-10(16)8-21(17,19)20/h6,10H,2-5,7-8H2,1H3. The molecule has 3 rings (SSSR count). The summed E-state index contributed by atoms with van der Waals surface area (Å²) in [4.78, 5) is 14.2. The fraction of sp³-hybridized carbons (Fsp3) is 0.667. The summed E-state index contributed by atoms with van der Waals surface area (Å²) in [6, 6.07) is 0.958. The molecule has 0 spiro atoms. The highest BCUT2D eigenvalue weighted by molar-refractivity contribution is 7.89. The molecule has 0 aromatic carbocycles. The Hall–Kier alpha value is -1.28. The minimum Gasteiger partial charge on any atom is -0.320 e. The van der Waals surface area contributed by atoms with Crippen molar-refractivity contribution in [1.82, 2.24) is 19.0 Å². The van der Waals surface area contributed by atoms with Gasteiger partial charge in [-0.15, -0.1) is 0 Å². The molecule has 21 heavy (non-hydrogen) atoms. The second-order valence-corrected chi connectivity index (χ2v) is 7.82. The Morgan fingerprint density at radius 3 is 2.86 bits per heavy atom. The van der Waals surface area contributed by atoms with E-state index < -0.39 is 16.1 Å². The molecule has 7 nitrogen and oxygen atoms in total. The number of amides is 2. The van der Waals surface area contributed by atoms with Crippen LogP contribution < -0.4 is 0 Å². The molecule has 0 bridgehead atoms. The third kappa shape index (κ3) is 2.62. The molecule has 0 radical (unpaired) electrons. The van der Waals surface area contributed by atoms with E-state index in [0.717, 1.165) is 23.6 Å². The van der Waals surface area contributed by atoms with Gasteiger partial charge in [0.1, 0.15) is 5.15 Å². The van der Waals surface area contributed by atoms with Gasteiger partial charge in [-0.3, -0.25) is 4.68 Å². The van der Waals surface area contributed by atoms with Crippen molar-refractivity contribution in [2.24, 2.45) is 7.05 Å². The van der Waals surface area contributed by atoms with Gasteiger partial charge in [-0.05, 0) is 19.3 Å². The van der Waals surface area contributed by atoms with Crippen LogP contribution in [-0.2, 0) is 23.6 Å². The average Bonchev–Trinajstić information content (AvgIpc) is 2.73. The second kappa shape index (κ2) is 5.17. The van der Waals surface area contributed by atoms with Crippen LogP contribution in [0.3, 0.4) is 0 Å². The lowest BCUT2D eigenvalue weighted by molar-refractivity contribution is 0.130. The van der Waals surface area contributed by atoms with E-state index in [1.165, 1.54) is 4.68 Å². The Balaban J connectivity index is 1.87. The maximum Gasteiger partial charge on any atom is 0.334 e. The number of aromatic nitrogens is 2. The molecule has 1 unspecified atom stereocenters. The normalized spacial score (nSPS) is 25.0. The smallest absolute Gasteiger partial charge is 0.320 e. The van der Waals surface area contributed by atoms with Gasteiger partial charge in [0, 0.05) is 25.7 Å². The SMILES string of the molecule is Cn1nc(CN2C(=O)N3CCCCC3CS2(=O)=O)cc1Cl. The predicted molar refractivity (Wildman–Crippen MR) is 77.3 cm³/mol. The van der Waals surface area contributed by atoms with E-state index in [0.29, 0.717) is 17.4 Å². The van der Waals surface area contributed by atoms with Crippen LogP contribution in [0.15, 0.2) is 6.07 Å². The zero-order chi connectivity index (χ0) is 15.2. The molecule has 0 saturated carbocycles. The van der Waals surface area contributed by atoms with E-state index in [1.54, 1.807) is 18.0 Å².